The average Bonchev–Trinajstić information content (AvgIpc) is 3.32. The highest BCUT2D eigenvalue weighted by atomic mass is 16.3. The predicted octanol–water partition coefficient (Wildman–Crippen LogP) is 2.05. The van der Waals surface area contributed by atoms with E-state index in [1.54, 1.807) is 12.5 Å². The van der Waals surface area contributed by atoms with Crippen molar-refractivity contribution in [2.24, 2.45) is 0 Å². The van der Waals surface area contributed by atoms with Crippen molar-refractivity contribution in [2.75, 3.05) is 19.6 Å². The Balaban J connectivity index is 1.34. The Kier molecular flexibility index (Phi) is 5.67. The van der Waals surface area contributed by atoms with Gasteiger partial charge >= 0.3 is 0 Å². The number of rotatable bonds is 7. The Morgan fingerprint density at radius 2 is 2.17 bits per heavy atom. The van der Waals surface area contributed by atoms with Gasteiger partial charge in [-0.2, -0.15) is 0 Å². The van der Waals surface area contributed by atoms with Gasteiger partial charge in [-0.25, -0.2) is 0 Å². The maximum Gasteiger partial charge on any atom is 0.237 e. The normalized spacial score (nSPS) is 17.4. The minimum atomic E-state index is -0.465. The van der Waals surface area contributed by atoms with Crippen molar-refractivity contribution >= 4 is 22.7 Å². The highest BCUT2D eigenvalue weighted by Gasteiger charge is 2.31. The lowest BCUT2D eigenvalue weighted by molar-refractivity contribution is -0.134. The molecule has 2 amide bonds. The molecule has 152 valence electrons. The molecule has 0 saturated carbocycles. The van der Waals surface area contributed by atoms with Crippen LogP contribution in [0, 0.1) is 6.92 Å². The fourth-order valence-electron chi connectivity index (χ4n) is 3.99. The number of furan rings is 1. The van der Waals surface area contributed by atoms with E-state index in [1.165, 1.54) is 11.1 Å². The smallest absolute Gasteiger partial charge is 0.237 e. The molecular formula is C22H26N4O3. The highest BCUT2D eigenvalue weighted by molar-refractivity contribution is 5.88. The molecule has 0 bridgehead atoms. The van der Waals surface area contributed by atoms with E-state index in [0.29, 0.717) is 32.7 Å². The number of nitrogens with one attached hydrogen (secondary N) is 2. The number of carbonyl (C=O) groups excluding carboxylic acids is 2. The Bertz CT molecular complexity index is 993. The molecule has 4 rings (SSSR count). The molecule has 7 heteroatoms. The number of benzene rings is 1. The maximum absolute atomic E-state index is 12.5. The van der Waals surface area contributed by atoms with Crippen LogP contribution >= 0.6 is 0 Å². The van der Waals surface area contributed by atoms with Crippen LogP contribution in [0.1, 0.15) is 17.7 Å². The van der Waals surface area contributed by atoms with E-state index in [0.717, 1.165) is 11.1 Å². The summed E-state index contributed by atoms with van der Waals surface area (Å²) in [6.45, 7) is 5.19. The van der Waals surface area contributed by atoms with Crippen molar-refractivity contribution in [3.05, 3.63) is 60.2 Å². The number of hydrogen-bond acceptors (Lipinski definition) is 4. The molecule has 3 aromatic rings. The van der Waals surface area contributed by atoms with E-state index in [1.807, 2.05) is 23.1 Å². The zero-order valence-corrected chi connectivity index (χ0v) is 16.6. The largest absolute Gasteiger partial charge is 0.472 e. The molecule has 2 aromatic heterocycles. The van der Waals surface area contributed by atoms with Crippen LogP contribution in [0.4, 0.5) is 0 Å². The van der Waals surface area contributed by atoms with Gasteiger partial charge in [0.2, 0.25) is 11.8 Å². The van der Waals surface area contributed by atoms with Gasteiger partial charge in [-0.3, -0.25) is 14.5 Å². The van der Waals surface area contributed by atoms with Crippen LogP contribution in [0.15, 0.2) is 53.3 Å². The van der Waals surface area contributed by atoms with Crippen molar-refractivity contribution in [3.63, 3.8) is 0 Å². The highest BCUT2D eigenvalue weighted by Crippen LogP contribution is 2.19. The Labute approximate surface area is 169 Å². The van der Waals surface area contributed by atoms with Crippen LogP contribution < -0.4 is 10.6 Å². The van der Waals surface area contributed by atoms with Gasteiger partial charge in [-0.05, 0) is 30.5 Å². The Morgan fingerprint density at radius 1 is 1.31 bits per heavy atom. The average molecular weight is 394 g/mol. The fraction of sp³-hybridized carbons (Fsp3) is 0.364. The van der Waals surface area contributed by atoms with E-state index in [4.69, 9.17) is 4.42 Å². The summed E-state index contributed by atoms with van der Waals surface area (Å²) >= 11 is 0. The summed E-state index contributed by atoms with van der Waals surface area (Å²) in [5, 5.41) is 7.04. The van der Waals surface area contributed by atoms with E-state index in [9.17, 15) is 9.59 Å². The molecule has 1 aromatic carbocycles. The molecule has 1 aliphatic rings. The number of fused-ring (bicyclic) bond motifs is 1. The number of carbonyl (C=O) groups is 2. The van der Waals surface area contributed by atoms with Crippen molar-refractivity contribution < 1.29 is 14.0 Å². The lowest BCUT2D eigenvalue weighted by Crippen LogP contribution is -2.56. The van der Waals surface area contributed by atoms with Gasteiger partial charge in [-0.15, -0.1) is 0 Å². The van der Waals surface area contributed by atoms with Gasteiger partial charge in [0, 0.05) is 49.5 Å². The second-order valence-electron chi connectivity index (χ2n) is 7.46. The standard InChI is InChI=1S/C22H26N4O3/c1-16-12-18-4-2-3-5-19(18)26(16)10-8-23-21(27)13-20-22(28)24-7-9-25(20)14-17-6-11-29-15-17/h2-6,11-12,15,20H,7-10,13-14H2,1H3,(H,23,27)(H,24,28)/t20-/m0/s1. The van der Waals surface area contributed by atoms with E-state index in [2.05, 4.69) is 40.3 Å². The lowest BCUT2D eigenvalue weighted by atomic mass is 10.1. The lowest BCUT2D eigenvalue weighted by Gasteiger charge is -2.34. The summed E-state index contributed by atoms with van der Waals surface area (Å²) in [6, 6.07) is 11.8. The first-order valence-corrected chi connectivity index (χ1v) is 9.96. The number of aromatic nitrogens is 1. The van der Waals surface area contributed by atoms with Crippen LogP contribution in [-0.4, -0.2) is 47.0 Å². The number of hydrogen-bond donors (Lipinski definition) is 2. The number of amides is 2. The summed E-state index contributed by atoms with van der Waals surface area (Å²) in [5.74, 6) is -0.208. The zero-order chi connectivity index (χ0) is 20.2. The second kappa shape index (κ2) is 8.53. The minimum Gasteiger partial charge on any atom is -0.472 e. The predicted molar refractivity (Wildman–Crippen MR) is 110 cm³/mol. The number of piperazine rings is 1. The Morgan fingerprint density at radius 3 is 3.00 bits per heavy atom. The summed E-state index contributed by atoms with van der Waals surface area (Å²) < 4.78 is 7.32. The first-order valence-electron chi connectivity index (χ1n) is 9.96. The second-order valence-corrected chi connectivity index (χ2v) is 7.46. The van der Waals surface area contributed by atoms with E-state index < -0.39 is 6.04 Å². The van der Waals surface area contributed by atoms with Crippen LogP contribution in [0.5, 0.6) is 0 Å². The SMILES string of the molecule is Cc1cc2ccccc2n1CCNC(=O)C[C@H]1C(=O)NCCN1Cc1ccoc1. The topological polar surface area (TPSA) is 79.5 Å². The zero-order valence-electron chi connectivity index (χ0n) is 16.6. The molecule has 7 nitrogen and oxygen atoms in total. The molecule has 1 aliphatic heterocycles. The third-order valence-electron chi connectivity index (χ3n) is 5.46. The summed E-state index contributed by atoms with van der Waals surface area (Å²) in [7, 11) is 0. The Hall–Kier alpha value is -3.06. The fourth-order valence-corrected chi connectivity index (χ4v) is 3.99. The molecule has 0 spiro atoms. The number of nitrogens with zero attached hydrogens (tertiary/aromatic N) is 2. The molecule has 1 atom stereocenters. The van der Waals surface area contributed by atoms with Gasteiger partial charge < -0.3 is 19.6 Å². The third kappa shape index (κ3) is 4.35. The van der Waals surface area contributed by atoms with Crippen LogP contribution in [0.25, 0.3) is 10.9 Å². The monoisotopic (exact) mass is 394 g/mol. The van der Waals surface area contributed by atoms with Gasteiger partial charge in [0.1, 0.15) is 0 Å². The van der Waals surface area contributed by atoms with Crippen LogP contribution in [0.2, 0.25) is 0 Å². The van der Waals surface area contributed by atoms with Crippen molar-refractivity contribution in [1.82, 2.24) is 20.1 Å². The quantitative estimate of drug-likeness (QED) is 0.643. The van der Waals surface area contributed by atoms with E-state index in [-0.39, 0.29) is 18.2 Å². The third-order valence-corrected chi connectivity index (χ3v) is 5.46. The maximum atomic E-state index is 12.5. The molecule has 1 saturated heterocycles. The van der Waals surface area contributed by atoms with Crippen molar-refractivity contribution in [2.45, 2.75) is 32.5 Å². The molecule has 0 unspecified atom stereocenters. The summed E-state index contributed by atoms with van der Waals surface area (Å²) in [4.78, 5) is 26.9. The van der Waals surface area contributed by atoms with Crippen LogP contribution in [0.3, 0.4) is 0 Å². The number of aryl methyl sites for hydroxylation is 1. The molecule has 0 aliphatic carbocycles. The van der Waals surface area contributed by atoms with Gasteiger partial charge in [-0.1, -0.05) is 18.2 Å². The van der Waals surface area contributed by atoms with Crippen LogP contribution in [-0.2, 0) is 22.7 Å². The first-order chi connectivity index (χ1) is 14.1. The molecule has 0 radical (unpaired) electrons. The van der Waals surface area contributed by atoms with E-state index >= 15 is 0 Å². The van der Waals surface area contributed by atoms with Gasteiger partial charge in [0.15, 0.2) is 0 Å². The summed E-state index contributed by atoms with van der Waals surface area (Å²) in [6.07, 6.45) is 3.44. The first kappa shape index (κ1) is 19.3. The van der Waals surface area contributed by atoms with Gasteiger partial charge in [0.25, 0.3) is 0 Å². The number of para-hydroxylation sites is 1. The minimum absolute atomic E-state index is 0.0952. The molecule has 1 fully saturated rings. The molecule has 3 heterocycles. The van der Waals surface area contributed by atoms with Crippen molar-refractivity contribution in [1.29, 1.82) is 0 Å². The summed E-state index contributed by atoms with van der Waals surface area (Å²) in [5.41, 5.74) is 3.33. The molecule has 2 N–H and O–H groups in total. The molecule has 29 heavy (non-hydrogen) atoms. The van der Waals surface area contributed by atoms with Crippen molar-refractivity contribution in [3.8, 4) is 0 Å². The van der Waals surface area contributed by atoms with Gasteiger partial charge in [0.05, 0.1) is 25.0 Å². The molecular weight excluding hydrogens is 368 g/mol.